The summed E-state index contributed by atoms with van der Waals surface area (Å²) >= 11 is 0. The standard InChI is InChI=1S/C23H29N3O2/c1-2-18-21(24)19-13-16(23(27)25-14-17-9-6-12-28-17)10-11-20(19)26-22(18)15-7-4-3-5-8-15/h3-5,7-8,10-11,13,17-18,21-22,26H,2,6,9,12,14,24H2,1H3,(H,25,27). The van der Waals surface area contributed by atoms with Gasteiger partial charge in [0.2, 0.25) is 0 Å². The molecule has 1 amide bonds. The van der Waals surface area contributed by atoms with Gasteiger partial charge in [-0.25, -0.2) is 0 Å². The van der Waals surface area contributed by atoms with Crippen LogP contribution in [0.25, 0.3) is 0 Å². The van der Waals surface area contributed by atoms with Crippen molar-refractivity contribution in [2.75, 3.05) is 18.5 Å². The maximum Gasteiger partial charge on any atom is 0.251 e. The number of carbonyl (C=O) groups excluding carboxylic acids is 1. The van der Waals surface area contributed by atoms with Crippen LogP contribution in [0.4, 0.5) is 5.69 Å². The van der Waals surface area contributed by atoms with E-state index < -0.39 is 0 Å². The molecule has 2 aromatic carbocycles. The number of fused-ring (bicyclic) bond motifs is 1. The zero-order chi connectivity index (χ0) is 19.5. The van der Waals surface area contributed by atoms with Crippen LogP contribution in [-0.2, 0) is 4.74 Å². The third-order valence-electron chi connectivity index (χ3n) is 6.02. The molecule has 2 heterocycles. The summed E-state index contributed by atoms with van der Waals surface area (Å²) in [6.45, 7) is 3.53. The lowest BCUT2D eigenvalue weighted by atomic mass is 9.78. The smallest absolute Gasteiger partial charge is 0.251 e. The lowest BCUT2D eigenvalue weighted by molar-refractivity contribution is 0.0857. The predicted octanol–water partition coefficient (Wildman–Crippen LogP) is 3.79. The Kier molecular flexibility index (Phi) is 5.64. The molecule has 0 spiro atoms. The maximum absolute atomic E-state index is 12.6. The van der Waals surface area contributed by atoms with Gasteiger partial charge in [0.1, 0.15) is 0 Å². The molecule has 0 aromatic heterocycles. The van der Waals surface area contributed by atoms with Crippen molar-refractivity contribution < 1.29 is 9.53 Å². The van der Waals surface area contributed by atoms with Crippen LogP contribution in [0, 0.1) is 5.92 Å². The molecule has 1 fully saturated rings. The second kappa shape index (κ2) is 8.33. The van der Waals surface area contributed by atoms with E-state index in [1.807, 2.05) is 24.3 Å². The van der Waals surface area contributed by atoms with Crippen LogP contribution >= 0.6 is 0 Å². The molecule has 4 atom stereocenters. The molecule has 0 aliphatic carbocycles. The number of benzene rings is 2. The first-order valence-corrected chi connectivity index (χ1v) is 10.3. The minimum absolute atomic E-state index is 0.0660. The third kappa shape index (κ3) is 3.77. The predicted molar refractivity (Wildman–Crippen MR) is 111 cm³/mol. The van der Waals surface area contributed by atoms with Gasteiger partial charge in [0.25, 0.3) is 5.91 Å². The summed E-state index contributed by atoms with van der Waals surface area (Å²) < 4.78 is 5.58. The van der Waals surface area contributed by atoms with Gasteiger partial charge in [-0.15, -0.1) is 0 Å². The van der Waals surface area contributed by atoms with Gasteiger partial charge in [0.05, 0.1) is 12.1 Å². The molecule has 28 heavy (non-hydrogen) atoms. The van der Waals surface area contributed by atoms with Crippen molar-refractivity contribution >= 4 is 11.6 Å². The molecule has 2 aliphatic rings. The van der Waals surface area contributed by atoms with Gasteiger partial charge in [-0.2, -0.15) is 0 Å². The lowest BCUT2D eigenvalue weighted by Gasteiger charge is -2.39. The molecule has 5 heteroatoms. The Morgan fingerprint density at radius 2 is 2.07 bits per heavy atom. The molecule has 1 saturated heterocycles. The minimum Gasteiger partial charge on any atom is -0.378 e. The lowest BCUT2D eigenvalue weighted by Crippen LogP contribution is -2.36. The van der Waals surface area contributed by atoms with Crippen LogP contribution < -0.4 is 16.4 Å². The Morgan fingerprint density at radius 1 is 1.25 bits per heavy atom. The summed E-state index contributed by atoms with van der Waals surface area (Å²) in [5, 5.41) is 6.65. The van der Waals surface area contributed by atoms with E-state index in [0.717, 1.165) is 37.1 Å². The zero-order valence-corrected chi connectivity index (χ0v) is 16.4. The SMILES string of the molecule is CCC1C(N)c2cc(C(=O)NCC3CCCO3)ccc2NC1c1ccccc1. The Balaban J connectivity index is 1.54. The molecule has 2 aliphatic heterocycles. The normalized spacial score (nSPS) is 26.4. The molecule has 4 N–H and O–H groups in total. The van der Waals surface area contributed by atoms with E-state index in [9.17, 15) is 4.79 Å². The van der Waals surface area contributed by atoms with E-state index in [1.165, 1.54) is 5.56 Å². The number of hydrogen-bond donors (Lipinski definition) is 3. The molecule has 0 radical (unpaired) electrons. The second-order valence-corrected chi connectivity index (χ2v) is 7.78. The number of ether oxygens (including phenoxy) is 1. The Labute approximate surface area is 166 Å². The van der Waals surface area contributed by atoms with Gasteiger partial charge in [-0.3, -0.25) is 4.79 Å². The van der Waals surface area contributed by atoms with Gasteiger partial charge in [-0.1, -0.05) is 37.3 Å². The molecular formula is C23H29N3O2. The number of amides is 1. The quantitative estimate of drug-likeness (QED) is 0.739. The van der Waals surface area contributed by atoms with Gasteiger partial charge >= 0.3 is 0 Å². The summed E-state index contributed by atoms with van der Waals surface area (Å²) in [4.78, 5) is 12.6. The number of hydrogen-bond acceptors (Lipinski definition) is 4. The van der Waals surface area contributed by atoms with Crippen LogP contribution in [0.2, 0.25) is 0 Å². The van der Waals surface area contributed by atoms with E-state index in [0.29, 0.717) is 12.1 Å². The molecule has 2 aromatic rings. The fourth-order valence-electron chi connectivity index (χ4n) is 4.42. The molecule has 4 rings (SSSR count). The van der Waals surface area contributed by atoms with E-state index >= 15 is 0 Å². The molecule has 0 bridgehead atoms. The number of rotatable bonds is 5. The molecule has 5 nitrogen and oxygen atoms in total. The van der Waals surface area contributed by atoms with E-state index in [1.54, 1.807) is 0 Å². The van der Waals surface area contributed by atoms with Crippen molar-refractivity contribution in [1.82, 2.24) is 5.32 Å². The van der Waals surface area contributed by atoms with E-state index in [-0.39, 0.29) is 30.0 Å². The van der Waals surface area contributed by atoms with Crippen molar-refractivity contribution in [3.8, 4) is 0 Å². The molecule has 148 valence electrons. The van der Waals surface area contributed by atoms with Crippen molar-refractivity contribution in [3.63, 3.8) is 0 Å². The number of nitrogens with two attached hydrogens (primary N) is 1. The average molecular weight is 380 g/mol. The summed E-state index contributed by atoms with van der Waals surface area (Å²) in [5.74, 6) is 0.198. The highest BCUT2D eigenvalue weighted by molar-refractivity contribution is 5.95. The maximum atomic E-state index is 12.6. The summed E-state index contributed by atoms with van der Waals surface area (Å²) in [6.07, 6.45) is 3.18. The highest BCUT2D eigenvalue weighted by Gasteiger charge is 2.34. The van der Waals surface area contributed by atoms with Crippen molar-refractivity contribution in [2.24, 2.45) is 11.7 Å². The van der Waals surface area contributed by atoms with Crippen LogP contribution in [0.5, 0.6) is 0 Å². The summed E-state index contributed by atoms with van der Waals surface area (Å²) in [5.41, 5.74) is 10.6. The first-order chi connectivity index (χ1) is 13.7. The third-order valence-corrected chi connectivity index (χ3v) is 6.02. The van der Waals surface area contributed by atoms with Crippen LogP contribution in [-0.4, -0.2) is 25.2 Å². The van der Waals surface area contributed by atoms with Crippen LogP contribution in [0.15, 0.2) is 48.5 Å². The van der Waals surface area contributed by atoms with Gasteiger partial charge in [0, 0.05) is 36.4 Å². The first kappa shape index (κ1) is 19.0. The summed E-state index contributed by atoms with van der Waals surface area (Å²) in [6, 6.07) is 16.3. The molecular weight excluding hydrogens is 350 g/mol. The zero-order valence-electron chi connectivity index (χ0n) is 16.4. The first-order valence-electron chi connectivity index (χ1n) is 10.3. The average Bonchev–Trinajstić information content (AvgIpc) is 3.26. The Morgan fingerprint density at radius 3 is 2.79 bits per heavy atom. The van der Waals surface area contributed by atoms with Crippen LogP contribution in [0.3, 0.4) is 0 Å². The van der Waals surface area contributed by atoms with E-state index in [4.69, 9.17) is 10.5 Å². The highest BCUT2D eigenvalue weighted by atomic mass is 16.5. The molecule has 4 unspecified atom stereocenters. The van der Waals surface area contributed by atoms with Crippen molar-refractivity contribution in [3.05, 3.63) is 65.2 Å². The van der Waals surface area contributed by atoms with Gasteiger partial charge in [-0.05, 0) is 48.6 Å². The number of nitrogens with one attached hydrogen (secondary N) is 2. The number of carbonyl (C=O) groups is 1. The Bertz CT molecular complexity index is 818. The second-order valence-electron chi connectivity index (χ2n) is 7.78. The minimum atomic E-state index is -0.114. The molecule has 0 saturated carbocycles. The fourth-order valence-corrected chi connectivity index (χ4v) is 4.42. The van der Waals surface area contributed by atoms with Crippen LogP contribution in [0.1, 0.15) is 59.8 Å². The van der Waals surface area contributed by atoms with Crippen molar-refractivity contribution in [2.45, 2.75) is 44.4 Å². The summed E-state index contributed by atoms with van der Waals surface area (Å²) in [7, 11) is 0. The monoisotopic (exact) mass is 379 g/mol. The van der Waals surface area contributed by atoms with Gasteiger partial charge < -0.3 is 21.1 Å². The topological polar surface area (TPSA) is 76.4 Å². The van der Waals surface area contributed by atoms with E-state index in [2.05, 4.69) is 41.8 Å². The Hall–Kier alpha value is -2.37. The number of anilines is 1. The highest BCUT2D eigenvalue weighted by Crippen LogP contribution is 2.43. The largest absolute Gasteiger partial charge is 0.378 e. The van der Waals surface area contributed by atoms with Crippen molar-refractivity contribution in [1.29, 1.82) is 0 Å². The fraction of sp³-hybridized carbons (Fsp3) is 0.435. The van der Waals surface area contributed by atoms with Gasteiger partial charge in [0.15, 0.2) is 0 Å².